The van der Waals surface area contributed by atoms with E-state index in [9.17, 15) is 8.78 Å². The van der Waals surface area contributed by atoms with Crippen LogP contribution in [0.2, 0.25) is 0 Å². The lowest BCUT2D eigenvalue weighted by Gasteiger charge is -2.20. The number of hydrogen-bond donors (Lipinski definition) is 1. The summed E-state index contributed by atoms with van der Waals surface area (Å²) in [6.45, 7) is 4.00. The van der Waals surface area contributed by atoms with Gasteiger partial charge in [-0.3, -0.25) is 0 Å². The van der Waals surface area contributed by atoms with Crippen molar-refractivity contribution in [3.05, 3.63) is 39.7 Å². The lowest BCUT2D eigenvalue weighted by atomic mass is 10.0. The minimum atomic E-state index is -0.823. The first-order valence-electron chi connectivity index (χ1n) is 6.78. The lowest BCUT2D eigenvalue weighted by molar-refractivity contribution is 0.460. The van der Waals surface area contributed by atoms with Crippen LogP contribution in [0.15, 0.2) is 18.2 Å². The van der Waals surface area contributed by atoms with Crippen LogP contribution < -0.4 is 5.32 Å². The predicted octanol–water partition coefficient (Wildman–Crippen LogP) is 3.86. The Balaban J connectivity index is 1.93. The van der Waals surface area contributed by atoms with E-state index in [2.05, 4.69) is 10.3 Å². The van der Waals surface area contributed by atoms with Gasteiger partial charge in [0.1, 0.15) is 0 Å². The first-order chi connectivity index (χ1) is 9.65. The monoisotopic (exact) mass is 294 g/mol. The van der Waals surface area contributed by atoms with Crippen molar-refractivity contribution in [1.29, 1.82) is 0 Å². The Labute approximate surface area is 120 Å². The van der Waals surface area contributed by atoms with Crippen LogP contribution >= 0.6 is 11.3 Å². The summed E-state index contributed by atoms with van der Waals surface area (Å²) in [4.78, 5) is 5.72. The van der Waals surface area contributed by atoms with Gasteiger partial charge in [0.05, 0.1) is 10.7 Å². The van der Waals surface area contributed by atoms with Gasteiger partial charge in [0, 0.05) is 22.9 Å². The average molecular weight is 294 g/mol. The van der Waals surface area contributed by atoms with Crippen LogP contribution in [0.4, 0.5) is 8.78 Å². The minimum absolute atomic E-state index is 0.437. The van der Waals surface area contributed by atoms with E-state index in [1.54, 1.807) is 17.4 Å². The number of nitrogens with one attached hydrogen (secondary N) is 1. The standard InChI is InChI=1S/C15H16F2N2S/c1-9-14(10-4-5-12(16)13(17)7-10)19-15(20-9)11-3-2-6-18-8-11/h4-5,7,11,18H,2-3,6,8H2,1H3. The van der Waals surface area contributed by atoms with E-state index in [4.69, 9.17) is 0 Å². The zero-order valence-corrected chi connectivity index (χ0v) is 12.1. The van der Waals surface area contributed by atoms with Gasteiger partial charge in [0.25, 0.3) is 0 Å². The summed E-state index contributed by atoms with van der Waals surface area (Å²) >= 11 is 1.66. The van der Waals surface area contributed by atoms with Gasteiger partial charge in [0.2, 0.25) is 0 Å². The second-order valence-corrected chi connectivity index (χ2v) is 6.36. The Hall–Kier alpha value is -1.33. The number of piperidine rings is 1. The summed E-state index contributed by atoms with van der Waals surface area (Å²) in [7, 11) is 0. The molecular weight excluding hydrogens is 278 g/mol. The van der Waals surface area contributed by atoms with Crippen molar-refractivity contribution in [1.82, 2.24) is 10.3 Å². The average Bonchev–Trinajstić information content (AvgIpc) is 2.85. The van der Waals surface area contributed by atoms with Crippen LogP contribution in [-0.4, -0.2) is 18.1 Å². The maximum absolute atomic E-state index is 13.3. The summed E-state index contributed by atoms with van der Waals surface area (Å²) in [5.74, 6) is -1.21. The Morgan fingerprint density at radius 2 is 2.15 bits per heavy atom. The van der Waals surface area contributed by atoms with E-state index < -0.39 is 11.6 Å². The van der Waals surface area contributed by atoms with Gasteiger partial charge in [0.15, 0.2) is 11.6 Å². The Morgan fingerprint density at radius 1 is 1.30 bits per heavy atom. The smallest absolute Gasteiger partial charge is 0.159 e. The third-order valence-electron chi connectivity index (χ3n) is 3.65. The van der Waals surface area contributed by atoms with Gasteiger partial charge < -0.3 is 5.32 Å². The highest BCUT2D eigenvalue weighted by molar-refractivity contribution is 7.12. The lowest BCUT2D eigenvalue weighted by Crippen LogP contribution is -2.28. The molecule has 1 N–H and O–H groups in total. The topological polar surface area (TPSA) is 24.9 Å². The van der Waals surface area contributed by atoms with E-state index in [1.165, 1.54) is 6.07 Å². The zero-order valence-electron chi connectivity index (χ0n) is 11.2. The normalized spacial score (nSPS) is 19.2. The molecule has 1 aromatic heterocycles. The summed E-state index contributed by atoms with van der Waals surface area (Å²) in [5, 5.41) is 4.47. The number of halogens is 2. The molecule has 0 amide bonds. The van der Waals surface area contributed by atoms with E-state index >= 15 is 0 Å². The molecule has 2 nitrogen and oxygen atoms in total. The quantitative estimate of drug-likeness (QED) is 0.909. The molecule has 3 rings (SSSR count). The molecule has 1 aromatic carbocycles. The molecule has 0 saturated carbocycles. The number of benzene rings is 1. The van der Waals surface area contributed by atoms with Crippen molar-refractivity contribution in [2.75, 3.05) is 13.1 Å². The molecule has 2 aromatic rings. The second-order valence-electron chi connectivity index (χ2n) is 5.13. The number of hydrogen-bond acceptors (Lipinski definition) is 3. The summed E-state index contributed by atoms with van der Waals surface area (Å²) in [5.41, 5.74) is 1.42. The zero-order chi connectivity index (χ0) is 14.1. The predicted molar refractivity (Wildman–Crippen MR) is 77.0 cm³/mol. The fourth-order valence-corrected chi connectivity index (χ4v) is 3.64. The molecule has 2 heterocycles. The van der Waals surface area contributed by atoms with Gasteiger partial charge in [-0.05, 0) is 44.5 Å². The van der Waals surface area contributed by atoms with Crippen molar-refractivity contribution in [2.24, 2.45) is 0 Å². The number of thiazole rings is 1. The molecular formula is C15H16F2N2S. The second kappa shape index (κ2) is 5.58. The molecule has 1 aliphatic rings. The van der Waals surface area contributed by atoms with Crippen LogP contribution in [0.1, 0.15) is 28.6 Å². The molecule has 1 unspecified atom stereocenters. The van der Waals surface area contributed by atoms with E-state index in [1.807, 2.05) is 6.92 Å². The van der Waals surface area contributed by atoms with Crippen LogP contribution in [-0.2, 0) is 0 Å². The van der Waals surface area contributed by atoms with Crippen molar-refractivity contribution in [3.63, 3.8) is 0 Å². The van der Waals surface area contributed by atoms with Gasteiger partial charge >= 0.3 is 0 Å². The molecule has 0 spiro atoms. The van der Waals surface area contributed by atoms with E-state index in [0.717, 1.165) is 47.6 Å². The highest BCUT2D eigenvalue weighted by Gasteiger charge is 2.21. The highest BCUT2D eigenvalue weighted by Crippen LogP contribution is 2.34. The number of nitrogens with zero attached hydrogens (tertiary/aromatic N) is 1. The van der Waals surface area contributed by atoms with Crippen molar-refractivity contribution in [3.8, 4) is 11.3 Å². The summed E-state index contributed by atoms with van der Waals surface area (Å²) < 4.78 is 26.4. The highest BCUT2D eigenvalue weighted by atomic mass is 32.1. The number of aromatic nitrogens is 1. The number of aryl methyl sites for hydroxylation is 1. The molecule has 1 aliphatic heterocycles. The maximum Gasteiger partial charge on any atom is 0.159 e. The Bertz CT molecular complexity index is 618. The van der Waals surface area contributed by atoms with Crippen LogP contribution in [0, 0.1) is 18.6 Å². The van der Waals surface area contributed by atoms with Gasteiger partial charge in [-0.2, -0.15) is 0 Å². The third-order valence-corrected chi connectivity index (χ3v) is 4.79. The van der Waals surface area contributed by atoms with Crippen LogP contribution in [0.25, 0.3) is 11.3 Å². The first-order valence-corrected chi connectivity index (χ1v) is 7.60. The maximum atomic E-state index is 13.3. The van der Waals surface area contributed by atoms with E-state index in [-0.39, 0.29) is 0 Å². The van der Waals surface area contributed by atoms with Gasteiger partial charge in [-0.25, -0.2) is 13.8 Å². The Kier molecular flexibility index (Phi) is 3.81. The summed E-state index contributed by atoms with van der Waals surface area (Å²) in [6, 6.07) is 3.97. The summed E-state index contributed by atoms with van der Waals surface area (Å²) in [6.07, 6.45) is 2.29. The van der Waals surface area contributed by atoms with Crippen LogP contribution in [0.3, 0.4) is 0 Å². The van der Waals surface area contributed by atoms with Crippen LogP contribution in [0.5, 0.6) is 0 Å². The molecule has 20 heavy (non-hydrogen) atoms. The first kappa shape index (κ1) is 13.6. The molecule has 1 fully saturated rings. The minimum Gasteiger partial charge on any atom is -0.316 e. The van der Waals surface area contributed by atoms with Crippen molar-refractivity contribution < 1.29 is 8.78 Å². The molecule has 106 valence electrons. The molecule has 0 aliphatic carbocycles. The van der Waals surface area contributed by atoms with Gasteiger partial charge in [-0.1, -0.05) is 0 Å². The molecule has 0 radical (unpaired) electrons. The molecule has 1 saturated heterocycles. The fourth-order valence-electron chi connectivity index (χ4n) is 2.57. The Morgan fingerprint density at radius 3 is 2.85 bits per heavy atom. The molecule has 5 heteroatoms. The largest absolute Gasteiger partial charge is 0.316 e. The molecule has 1 atom stereocenters. The molecule has 0 bridgehead atoms. The van der Waals surface area contributed by atoms with Crippen molar-refractivity contribution >= 4 is 11.3 Å². The SMILES string of the molecule is Cc1sc(C2CCCNC2)nc1-c1ccc(F)c(F)c1. The van der Waals surface area contributed by atoms with Crippen molar-refractivity contribution in [2.45, 2.75) is 25.7 Å². The number of rotatable bonds is 2. The fraction of sp³-hybridized carbons (Fsp3) is 0.400. The third kappa shape index (κ3) is 2.60. The van der Waals surface area contributed by atoms with E-state index in [0.29, 0.717) is 11.5 Å². The van der Waals surface area contributed by atoms with Gasteiger partial charge in [-0.15, -0.1) is 11.3 Å².